The molecule has 0 saturated carbocycles. The lowest BCUT2D eigenvalue weighted by molar-refractivity contribution is -0.132. The van der Waals surface area contributed by atoms with Gasteiger partial charge >= 0.3 is 0 Å². The molecule has 1 amide bonds. The lowest BCUT2D eigenvalue weighted by atomic mass is 10.4. The Kier molecular flexibility index (Phi) is 4.30. The molecule has 0 atom stereocenters. The second kappa shape index (κ2) is 5.96. The van der Waals surface area contributed by atoms with E-state index in [0.717, 1.165) is 24.6 Å². The van der Waals surface area contributed by atoms with E-state index < -0.39 is 0 Å². The van der Waals surface area contributed by atoms with Crippen LogP contribution in [-0.2, 0) is 15.3 Å². The minimum atomic E-state index is 0.194. The second-order valence-electron chi connectivity index (χ2n) is 3.57. The highest BCUT2D eigenvalue weighted by Crippen LogP contribution is 2.13. The van der Waals surface area contributed by atoms with Crippen molar-refractivity contribution < 1.29 is 13.9 Å². The van der Waals surface area contributed by atoms with E-state index in [4.69, 9.17) is 9.15 Å². The first-order valence-electron chi connectivity index (χ1n) is 5.32. The molecule has 0 aliphatic carbocycles. The molecule has 4 nitrogen and oxygen atoms in total. The number of hydrogen-bond acceptors (Lipinski definition) is 4. The molecule has 0 aromatic carbocycles. The fourth-order valence-corrected chi connectivity index (χ4v) is 2.36. The van der Waals surface area contributed by atoms with Crippen LogP contribution in [0.15, 0.2) is 22.8 Å². The Hall–Kier alpha value is -0.940. The molecule has 0 unspecified atom stereocenters. The lowest BCUT2D eigenvalue weighted by Gasteiger charge is -2.26. The smallest absolute Gasteiger partial charge is 0.232 e. The van der Waals surface area contributed by atoms with Crippen molar-refractivity contribution >= 4 is 17.7 Å². The molecule has 2 rings (SSSR count). The molecule has 1 aliphatic rings. The highest BCUT2D eigenvalue weighted by Gasteiger charge is 2.16. The van der Waals surface area contributed by atoms with Crippen LogP contribution in [0, 0.1) is 0 Å². The van der Waals surface area contributed by atoms with Crippen molar-refractivity contribution in [1.82, 2.24) is 4.90 Å². The van der Waals surface area contributed by atoms with E-state index in [-0.39, 0.29) is 5.91 Å². The van der Waals surface area contributed by atoms with Crippen LogP contribution in [0.2, 0.25) is 0 Å². The summed E-state index contributed by atoms with van der Waals surface area (Å²) < 4.78 is 10.4. The minimum absolute atomic E-state index is 0.194. The number of hydrogen-bond donors (Lipinski definition) is 0. The fourth-order valence-electron chi connectivity index (χ4n) is 1.54. The first kappa shape index (κ1) is 11.5. The van der Waals surface area contributed by atoms with Gasteiger partial charge in [-0.25, -0.2) is 0 Å². The van der Waals surface area contributed by atoms with E-state index in [9.17, 15) is 4.79 Å². The van der Waals surface area contributed by atoms with Crippen LogP contribution in [0.5, 0.6) is 0 Å². The van der Waals surface area contributed by atoms with E-state index in [1.807, 2.05) is 17.0 Å². The monoisotopic (exact) mass is 241 g/mol. The van der Waals surface area contributed by atoms with Crippen LogP contribution in [0.3, 0.4) is 0 Å². The normalized spacial score (nSPS) is 16.4. The van der Waals surface area contributed by atoms with Gasteiger partial charge in [0, 0.05) is 13.1 Å². The number of carbonyl (C=O) groups excluding carboxylic acids is 1. The number of rotatable bonds is 4. The Morgan fingerprint density at radius 3 is 2.94 bits per heavy atom. The van der Waals surface area contributed by atoms with Crippen molar-refractivity contribution in [3.63, 3.8) is 0 Å². The molecule has 88 valence electrons. The first-order valence-corrected chi connectivity index (χ1v) is 6.47. The largest absolute Gasteiger partial charge is 0.468 e. The molecule has 0 radical (unpaired) electrons. The van der Waals surface area contributed by atoms with Gasteiger partial charge in [-0.1, -0.05) is 0 Å². The Morgan fingerprint density at radius 2 is 2.25 bits per heavy atom. The molecule has 1 fully saturated rings. The Bertz CT molecular complexity index is 320. The molecule has 1 aliphatic heterocycles. The zero-order chi connectivity index (χ0) is 11.2. The van der Waals surface area contributed by atoms with Gasteiger partial charge in [0.2, 0.25) is 5.91 Å². The predicted molar refractivity (Wildman–Crippen MR) is 62.3 cm³/mol. The molecule has 0 bridgehead atoms. The van der Waals surface area contributed by atoms with E-state index in [2.05, 4.69) is 0 Å². The molecular formula is C11H15NO3S. The van der Waals surface area contributed by atoms with Crippen LogP contribution in [0.25, 0.3) is 0 Å². The lowest BCUT2D eigenvalue weighted by Crippen LogP contribution is -2.41. The summed E-state index contributed by atoms with van der Waals surface area (Å²) in [5.74, 6) is 2.38. The fraction of sp³-hybridized carbons (Fsp3) is 0.545. The summed E-state index contributed by atoms with van der Waals surface area (Å²) in [6.07, 6.45) is 1.65. The topological polar surface area (TPSA) is 42.7 Å². The van der Waals surface area contributed by atoms with Crippen molar-refractivity contribution in [3.8, 4) is 0 Å². The summed E-state index contributed by atoms with van der Waals surface area (Å²) in [6.45, 7) is 2.77. The Labute approximate surface area is 98.9 Å². The number of nitrogens with zero attached hydrogens (tertiary/aromatic N) is 1. The van der Waals surface area contributed by atoms with E-state index in [0.29, 0.717) is 19.0 Å². The van der Waals surface area contributed by atoms with Gasteiger partial charge < -0.3 is 14.1 Å². The van der Waals surface area contributed by atoms with Gasteiger partial charge in [0.15, 0.2) is 0 Å². The van der Waals surface area contributed by atoms with Crippen molar-refractivity contribution in [2.45, 2.75) is 5.75 Å². The van der Waals surface area contributed by atoms with Crippen molar-refractivity contribution in [3.05, 3.63) is 24.2 Å². The zero-order valence-electron chi connectivity index (χ0n) is 9.05. The van der Waals surface area contributed by atoms with Gasteiger partial charge in [0.25, 0.3) is 0 Å². The third kappa shape index (κ3) is 3.28. The molecule has 5 heteroatoms. The average molecular weight is 241 g/mol. The van der Waals surface area contributed by atoms with Gasteiger partial charge in [-0.15, -0.1) is 11.8 Å². The van der Waals surface area contributed by atoms with E-state index >= 15 is 0 Å². The quantitative estimate of drug-likeness (QED) is 0.798. The van der Waals surface area contributed by atoms with E-state index in [1.54, 1.807) is 18.0 Å². The molecule has 1 saturated heterocycles. The third-order valence-corrected chi connectivity index (χ3v) is 3.35. The van der Waals surface area contributed by atoms with Crippen molar-refractivity contribution in [1.29, 1.82) is 0 Å². The average Bonchev–Trinajstić information content (AvgIpc) is 2.83. The maximum absolute atomic E-state index is 11.7. The SMILES string of the molecule is O=C(CSCc1ccco1)N1CCOCC1. The summed E-state index contributed by atoms with van der Waals surface area (Å²) in [7, 11) is 0. The van der Waals surface area contributed by atoms with Crippen LogP contribution in [0.4, 0.5) is 0 Å². The standard InChI is InChI=1S/C11H15NO3S/c13-11(12-3-6-14-7-4-12)9-16-8-10-2-1-5-15-10/h1-2,5H,3-4,6-9H2. The van der Waals surface area contributed by atoms with Gasteiger partial charge in [-0.3, -0.25) is 4.79 Å². The summed E-state index contributed by atoms with van der Waals surface area (Å²) >= 11 is 1.59. The number of furan rings is 1. The molecule has 0 N–H and O–H groups in total. The van der Waals surface area contributed by atoms with Crippen LogP contribution in [0.1, 0.15) is 5.76 Å². The third-order valence-electron chi connectivity index (χ3n) is 2.41. The predicted octanol–water partition coefficient (Wildman–Crippen LogP) is 1.37. The summed E-state index contributed by atoms with van der Waals surface area (Å²) in [5.41, 5.74) is 0. The first-order chi connectivity index (χ1) is 7.86. The molecule has 1 aromatic heterocycles. The number of ether oxygens (including phenoxy) is 1. The molecular weight excluding hydrogens is 226 g/mol. The van der Waals surface area contributed by atoms with Gasteiger partial charge in [-0.05, 0) is 12.1 Å². The van der Waals surface area contributed by atoms with Gasteiger partial charge in [0.1, 0.15) is 5.76 Å². The van der Waals surface area contributed by atoms with Crippen molar-refractivity contribution in [2.75, 3.05) is 32.1 Å². The van der Waals surface area contributed by atoms with Gasteiger partial charge in [-0.2, -0.15) is 0 Å². The van der Waals surface area contributed by atoms with E-state index in [1.165, 1.54) is 0 Å². The summed E-state index contributed by atoms with van der Waals surface area (Å²) in [6, 6.07) is 3.78. The van der Waals surface area contributed by atoms with Crippen LogP contribution < -0.4 is 0 Å². The summed E-state index contributed by atoms with van der Waals surface area (Å²) in [4.78, 5) is 13.6. The maximum Gasteiger partial charge on any atom is 0.232 e. The van der Waals surface area contributed by atoms with Crippen molar-refractivity contribution in [2.24, 2.45) is 0 Å². The summed E-state index contributed by atoms with van der Waals surface area (Å²) in [5, 5.41) is 0. The highest BCUT2D eigenvalue weighted by atomic mass is 32.2. The molecule has 1 aromatic rings. The zero-order valence-corrected chi connectivity index (χ0v) is 9.87. The number of thioether (sulfide) groups is 1. The molecule has 2 heterocycles. The maximum atomic E-state index is 11.7. The number of morpholine rings is 1. The second-order valence-corrected chi connectivity index (χ2v) is 4.55. The van der Waals surface area contributed by atoms with Crippen LogP contribution >= 0.6 is 11.8 Å². The number of amides is 1. The highest BCUT2D eigenvalue weighted by molar-refractivity contribution is 7.99. The molecule has 0 spiro atoms. The van der Waals surface area contributed by atoms with Gasteiger partial charge in [0.05, 0.1) is 31.0 Å². The molecule has 16 heavy (non-hydrogen) atoms. The minimum Gasteiger partial charge on any atom is -0.468 e. The Balaban J connectivity index is 1.67. The Morgan fingerprint density at radius 1 is 1.44 bits per heavy atom. The number of carbonyl (C=O) groups is 1. The van der Waals surface area contributed by atoms with Crippen LogP contribution in [-0.4, -0.2) is 42.9 Å².